The first-order chi connectivity index (χ1) is 10.0. The highest BCUT2D eigenvalue weighted by atomic mass is 19.1. The van der Waals surface area contributed by atoms with Gasteiger partial charge in [0.25, 0.3) is 0 Å². The Balaban J connectivity index is 1.70. The lowest BCUT2D eigenvalue weighted by Gasteiger charge is -2.30. The summed E-state index contributed by atoms with van der Waals surface area (Å²) < 4.78 is 18.5. The fourth-order valence-corrected chi connectivity index (χ4v) is 2.40. The minimum atomic E-state index is -0.477. The van der Waals surface area contributed by atoms with Crippen molar-refractivity contribution in [3.8, 4) is 0 Å². The average Bonchev–Trinajstić information content (AvgIpc) is 2.43. The second kappa shape index (κ2) is 7.38. The molecule has 2 rings (SSSR count). The van der Waals surface area contributed by atoms with E-state index in [-0.39, 0.29) is 17.7 Å². The van der Waals surface area contributed by atoms with Gasteiger partial charge in [-0.2, -0.15) is 0 Å². The maximum absolute atomic E-state index is 13.0. The molecule has 5 nitrogen and oxygen atoms in total. The van der Waals surface area contributed by atoms with Crippen LogP contribution in [0.1, 0.15) is 19.8 Å². The Morgan fingerprint density at radius 2 is 2.38 bits per heavy atom. The molecule has 1 amide bonds. The van der Waals surface area contributed by atoms with Crippen LogP contribution in [0.2, 0.25) is 0 Å². The van der Waals surface area contributed by atoms with Gasteiger partial charge in [-0.15, -0.1) is 0 Å². The highest BCUT2D eigenvalue weighted by molar-refractivity contribution is 5.91. The van der Waals surface area contributed by atoms with Gasteiger partial charge >= 0.3 is 0 Å². The lowest BCUT2D eigenvalue weighted by molar-refractivity contribution is -0.116. The van der Waals surface area contributed by atoms with Gasteiger partial charge in [-0.25, -0.2) is 4.39 Å². The molecule has 0 radical (unpaired) electrons. The van der Waals surface area contributed by atoms with Crippen molar-refractivity contribution in [3.05, 3.63) is 24.0 Å². The molecule has 1 saturated heterocycles. The van der Waals surface area contributed by atoms with Gasteiger partial charge in [0.2, 0.25) is 5.91 Å². The molecule has 1 aliphatic rings. The van der Waals surface area contributed by atoms with Gasteiger partial charge < -0.3 is 15.8 Å². The number of anilines is 2. The Bertz CT molecular complexity index is 496. The van der Waals surface area contributed by atoms with Crippen LogP contribution in [-0.2, 0) is 9.53 Å². The summed E-state index contributed by atoms with van der Waals surface area (Å²) in [5.41, 5.74) is 6.03. The number of carbonyl (C=O) groups excluding carboxylic acids is 1. The Labute approximate surface area is 124 Å². The summed E-state index contributed by atoms with van der Waals surface area (Å²) in [6.07, 6.45) is 1.48. The van der Waals surface area contributed by atoms with E-state index in [4.69, 9.17) is 10.5 Å². The van der Waals surface area contributed by atoms with Crippen LogP contribution in [0.4, 0.5) is 15.8 Å². The molecule has 0 spiro atoms. The number of hydrogen-bond donors (Lipinski definition) is 2. The molecule has 1 aromatic rings. The number of amides is 1. The van der Waals surface area contributed by atoms with Crippen molar-refractivity contribution in [1.82, 2.24) is 4.90 Å². The molecular formula is C15H22FN3O2. The fraction of sp³-hybridized carbons (Fsp3) is 0.533. The topological polar surface area (TPSA) is 67.6 Å². The Morgan fingerprint density at radius 3 is 3.10 bits per heavy atom. The molecule has 21 heavy (non-hydrogen) atoms. The van der Waals surface area contributed by atoms with Gasteiger partial charge in [-0.05, 0) is 38.1 Å². The Kier molecular flexibility index (Phi) is 5.52. The quantitative estimate of drug-likeness (QED) is 0.814. The molecule has 0 saturated carbocycles. The molecule has 1 aromatic carbocycles. The van der Waals surface area contributed by atoms with E-state index in [1.54, 1.807) is 0 Å². The Morgan fingerprint density at radius 1 is 1.57 bits per heavy atom. The van der Waals surface area contributed by atoms with E-state index >= 15 is 0 Å². The zero-order chi connectivity index (χ0) is 15.2. The lowest BCUT2D eigenvalue weighted by atomic mass is 10.2. The van der Waals surface area contributed by atoms with Gasteiger partial charge in [-0.3, -0.25) is 9.69 Å². The first kappa shape index (κ1) is 15.7. The number of morpholine rings is 1. The highest BCUT2D eigenvalue weighted by Crippen LogP contribution is 2.16. The molecule has 0 aliphatic carbocycles. The van der Waals surface area contributed by atoms with Gasteiger partial charge in [0.1, 0.15) is 5.82 Å². The third-order valence-electron chi connectivity index (χ3n) is 3.48. The van der Waals surface area contributed by atoms with Crippen LogP contribution >= 0.6 is 0 Å². The van der Waals surface area contributed by atoms with Crippen LogP contribution in [-0.4, -0.2) is 43.2 Å². The second-order valence-corrected chi connectivity index (χ2v) is 5.37. The molecule has 1 unspecified atom stereocenters. The number of ether oxygens (including phenoxy) is 1. The number of rotatable bonds is 5. The van der Waals surface area contributed by atoms with Crippen LogP contribution in [0, 0.1) is 5.82 Å². The summed E-state index contributed by atoms with van der Waals surface area (Å²) in [6.45, 7) is 5.52. The number of halogens is 1. The highest BCUT2D eigenvalue weighted by Gasteiger charge is 2.16. The number of nitrogens with one attached hydrogen (secondary N) is 1. The minimum absolute atomic E-state index is 0.0371. The summed E-state index contributed by atoms with van der Waals surface area (Å²) >= 11 is 0. The van der Waals surface area contributed by atoms with Crippen LogP contribution in [0.25, 0.3) is 0 Å². The number of nitrogens with two attached hydrogens (primary N) is 1. The number of benzene rings is 1. The lowest BCUT2D eigenvalue weighted by Crippen LogP contribution is -2.41. The van der Waals surface area contributed by atoms with Crippen LogP contribution in [0.15, 0.2) is 18.2 Å². The fourth-order valence-electron chi connectivity index (χ4n) is 2.40. The van der Waals surface area contributed by atoms with Crippen molar-refractivity contribution in [1.29, 1.82) is 0 Å². The summed E-state index contributed by atoms with van der Waals surface area (Å²) in [6, 6.07) is 4.18. The molecular weight excluding hydrogens is 273 g/mol. The summed E-state index contributed by atoms with van der Waals surface area (Å²) in [5, 5.41) is 2.73. The van der Waals surface area contributed by atoms with Crippen molar-refractivity contribution in [2.75, 3.05) is 37.3 Å². The monoisotopic (exact) mass is 295 g/mol. The van der Waals surface area contributed by atoms with Crippen LogP contribution < -0.4 is 11.1 Å². The zero-order valence-electron chi connectivity index (χ0n) is 12.3. The third-order valence-corrected chi connectivity index (χ3v) is 3.48. The van der Waals surface area contributed by atoms with Crippen LogP contribution in [0.3, 0.4) is 0 Å². The zero-order valence-corrected chi connectivity index (χ0v) is 12.3. The number of nitrogen functional groups attached to an aromatic ring is 1. The first-order valence-corrected chi connectivity index (χ1v) is 7.23. The second-order valence-electron chi connectivity index (χ2n) is 5.37. The van der Waals surface area contributed by atoms with E-state index in [9.17, 15) is 9.18 Å². The van der Waals surface area contributed by atoms with E-state index < -0.39 is 5.82 Å². The van der Waals surface area contributed by atoms with E-state index in [1.165, 1.54) is 18.2 Å². The number of hydrogen-bond acceptors (Lipinski definition) is 4. The number of carbonyl (C=O) groups is 1. The third kappa shape index (κ3) is 4.99. The number of nitrogens with zero attached hydrogens (tertiary/aromatic N) is 1. The standard InChI is InChI=1S/C15H22FN3O2/c1-11-10-19(7-8-21-11)6-2-3-15(20)18-12-4-5-13(16)14(17)9-12/h4-5,9,11H,2-3,6-8,10,17H2,1H3,(H,18,20). The minimum Gasteiger partial charge on any atom is -0.396 e. The largest absolute Gasteiger partial charge is 0.396 e. The van der Waals surface area contributed by atoms with E-state index in [1.807, 2.05) is 0 Å². The van der Waals surface area contributed by atoms with Crippen molar-refractivity contribution >= 4 is 17.3 Å². The molecule has 1 heterocycles. The van der Waals surface area contributed by atoms with Crippen molar-refractivity contribution in [3.63, 3.8) is 0 Å². The SMILES string of the molecule is CC1CN(CCCC(=O)Nc2ccc(F)c(N)c2)CCO1. The van der Waals surface area contributed by atoms with Gasteiger partial charge in [0.15, 0.2) is 0 Å². The molecule has 1 aliphatic heterocycles. The molecule has 6 heteroatoms. The first-order valence-electron chi connectivity index (χ1n) is 7.23. The predicted molar refractivity (Wildman–Crippen MR) is 80.5 cm³/mol. The predicted octanol–water partition coefficient (Wildman–Crippen LogP) is 1.85. The smallest absolute Gasteiger partial charge is 0.224 e. The van der Waals surface area contributed by atoms with Crippen molar-refractivity contribution < 1.29 is 13.9 Å². The molecule has 0 aromatic heterocycles. The molecule has 0 bridgehead atoms. The van der Waals surface area contributed by atoms with Crippen molar-refractivity contribution in [2.24, 2.45) is 0 Å². The van der Waals surface area contributed by atoms with Crippen molar-refractivity contribution in [2.45, 2.75) is 25.9 Å². The van der Waals surface area contributed by atoms with E-state index in [0.717, 1.165) is 32.7 Å². The summed E-state index contributed by atoms with van der Waals surface area (Å²) in [7, 11) is 0. The van der Waals surface area contributed by atoms with Gasteiger partial charge in [0, 0.05) is 25.2 Å². The maximum Gasteiger partial charge on any atom is 0.224 e. The van der Waals surface area contributed by atoms with Gasteiger partial charge in [-0.1, -0.05) is 0 Å². The molecule has 116 valence electrons. The molecule has 1 atom stereocenters. The Hall–Kier alpha value is -1.66. The van der Waals surface area contributed by atoms with Crippen LogP contribution in [0.5, 0.6) is 0 Å². The molecule has 3 N–H and O–H groups in total. The van der Waals surface area contributed by atoms with E-state index in [0.29, 0.717) is 12.1 Å². The average molecular weight is 295 g/mol. The summed E-state index contributed by atoms with van der Waals surface area (Å²) in [4.78, 5) is 14.1. The maximum atomic E-state index is 13.0. The normalized spacial score (nSPS) is 19.4. The summed E-state index contributed by atoms with van der Waals surface area (Å²) in [5.74, 6) is -0.559. The molecule has 1 fully saturated rings. The van der Waals surface area contributed by atoms with Gasteiger partial charge in [0.05, 0.1) is 18.4 Å². The van der Waals surface area contributed by atoms with E-state index in [2.05, 4.69) is 17.1 Å².